The smallest absolute Gasteiger partial charge is 0.192 e. The Morgan fingerprint density at radius 1 is 1.45 bits per heavy atom. The van der Waals surface area contributed by atoms with Crippen molar-refractivity contribution in [3.8, 4) is 18.1 Å². The highest BCUT2D eigenvalue weighted by molar-refractivity contribution is 5.79. The third-order valence-electron chi connectivity index (χ3n) is 3.10. The first kappa shape index (κ1) is 16.1. The van der Waals surface area contributed by atoms with Crippen molar-refractivity contribution in [1.29, 1.82) is 0 Å². The highest BCUT2D eigenvalue weighted by atomic mass is 19.1. The summed E-state index contributed by atoms with van der Waals surface area (Å²) in [5.41, 5.74) is 1.54. The zero-order valence-electron chi connectivity index (χ0n) is 12.6. The molecule has 0 fully saturated rings. The number of nitrogens with zero attached hydrogens (tertiary/aromatic N) is 1. The van der Waals surface area contributed by atoms with Crippen molar-refractivity contribution < 1.29 is 13.9 Å². The predicted molar refractivity (Wildman–Crippen MR) is 83.2 cm³/mol. The number of halogens is 1. The Morgan fingerprint density at radius 2 is 2.32 bits per heavy atom. The van der Waals surface area contributed by atoms with Crippen molar-refractivity contribution in [2.24, 2.45) is 4.99 Å². The average Bonchev–Trinajstić information content (AvgIpc) is 2.52. The number of rotatable bonds is 5. The molecule has 0 saturated carbocycles. The van der Waals surface area contributed by atoms with Crippen LogP contribution in [0.2, 0.25) is 0 Å². The van der Waals surface area contributed by atoms with E-state index in [9.17, 15) is 4.39 Å². The molecule has 0 bridgehead atoms. The zero-order chi connectivity index (χ0) is 15.8. The van der Waals surface area contributed by atoms with Crippen LogP contribution in [0.4, 0.5) is 4.39 Å². The fourth-order valence-corrected chi connectivity index (χ4v) is 2.21. The first-order valence-corrected chi connectivity index (χ1v) is 7.22. The third-order valence-corrected chi connectivity index (χ3v) is 3.10. The van der Waals surface area contributed by atoms with Crippen LogP contribution < -0.4 is 15.4 Å². The van der Waals surface area contributed by atoms with E-state index in [0.717, 1.165) is 17.7 Å². The number of guanidine groups is 1. The molecule has 1 aliphatic heterocycles. The minimum absolute atomic E-state index is 0.196. The van der Waals surface area contributed by atoms with Crippen LogP contribution in [0.5, 0.6) is 5.75 Å². The summed E-state index contributed by atoms with van der Waals surface area (Å²) >= 11 is 0. The highest BCUT2D eigenvalue weighted by Crippen LogP contribution is 2.29. The van der Waals surface area contributed by atoms with Gasteiger partial charge in [-0.05, 0) is 31.0 Å². The topological polar surface area (TPSA) is 54.9 Å². The fourth-order valence-electron chi connectivity index (χ4n) is 2.21. The van der Waals surface area contributed by atoms with E-state index in [2.05, 4.69) is 21.5 Å². The summed E-state index contributed by atoms with van der Waals surface area (Å²) in [6, 6.07) is 2.93. The van der Waals surface area contributed by atoms with Crippen LogP contribution in [0.3, 0.4) is 0 Å². The minimum atomic E-state index is -0.288. The summed E-state index contributed by atoms with van der Waals surface area (Å²) in [5, 5.41) is 6.10. The molecule has 1 heterocycles. The first-order valence-electron chi connectivity index (χ1n) is 7.22. The van der Waals surface area contributed by atoms with Crippen molar-refractivity contribution in [3.63, 3.8) is 0 Å². The van der Waals surface area contributed by atoms with E-state index in [0.29, 0.717) is 37.8 Å². The van der Waals surface area contributed by atoms with E-state index < -0.39 is 0 Å². The first-order chi connectivity index (χ1) is 10.7. The number of ether oxygens (including phenoxy) is 2. The van der Waals surface area contributed by atoms with Gasteiger partial charge in [0.25, 0.3) is 0 Å². The molecule has 1 aliphatic rings. The molecule has 1 aromatic rings. The van der Waals surface area contributed by atoms with Crippen molar-refractivity contribution in [2.75, 3.05) is 26.4 Å². The SMILES string of the molecule is C#CCNC(=NCCc1cc(F)cc2c1OCOC2)NCC. The van der Waals surface area contributed by atoms with Crippen LogP contribution in [0.1, 0.15) is 18.1 Å². The molecule has 0 spiro atoms. The molecule has 6 heteroatoms. The second kappa shape index (κ2) is 8.25. The van der Waals surface area contributed by atoms with Crippen molar-refractivity contribution in [3.05, 3.63) is 29.1 Å². The Labute approximate surface area is 129 Å². The van der Waals surface area contributed by atoms with Gasteiger partial charge in [-0.2, -0.15) is 0 Å². The Bertz CT molecular complexity index is 581. The molecule has 0 saturated heterocycles. The van der Waals surface area contributed by atoms with Gasteiger partial charge in [0.2, 0.25) is 0 Å². The number of fused-ring (bicyclic) bond motifs is 1. The molecule has 0 aromatic heterocycles. The molecule has 2 N–H and O–H groups in total. The van der Waals surface area contributed by atoms with Gasteiger partial charge >= 0.3 is 0 Å². The summed E-state index contributed by atoms with van der Waals surface area (Å²) in [7, 11) is 0. The van der Waals surface area contributed by atoms with Gasteiger partial charge in [0.05, 0.1) is 13.2 Å². The molecule has 0 unspecified atom stereocenters. The largest absolute Gasteiger partial charge is 0.467 e. The van der Waals surface area contributed by atoms with Gasteiger partial charge in [0, 0.05) is 18.7 Å². The van der Waals surface area contributed by atoms with E-state index in [1.165, 1.54) is 12.1 Å². The molecule has 0 atom stereocenters. The van der Waals surface area contributed by atoms with Crippen LogP contribution >= 0.6 is 0 Å². The van der Waals surface area contributed by atoms with Crippen LogP contribution in [0, 0.1) is 18.2 Å². The normalized spacial score (nSPS) is 13.8. The van der Waals surface area contributed by atoms with Crippen LogP contribution in [0.15, 0.2) is 17.1 Å². The van der Waals surface area contributed by atoms with Crippen LogP contribution in [-0.2, 0) is 17.8 Å². The number of terminal acetylenes is 1. The molecule has 0 amide bonds. The third kappa shape index (κ3) is 4.37. The lowest BCUT2D eigenvalue weighted by Crippen LogP contribution is -2.37. The summed E-state index contributed by atoms with van der Waals surface area (Å²) in [6.07, 6.45) is 5.80. The second-order valence-electron chi connectivity index (χ2n) is 4.73. The summed E-state index contributed by atoms with van der Waals surface area (Å²) in [6.45, 7) is 4.19. The minimum Gasteiger partial charge on any atom is -0.467 e. The number of hydrogen-bond donors (Lipinski definition) is 2. The van der Waals surface area contributed by atoms with Gasteiger partial charge < -0.3 is 20.1 Å². The number of benzene rings is 1. The lowest BCUT2D eigenvalue weighted by Gasteiger charge is -2.20. The Balaban J connectivity index is 2.04. The Morgan fingerprint density at radius 3 is 3.09 bits per heavy atom. The highest BCUT2D eigenvalue weighted by Gasteiger charge is 2.16. The maximum Gasteiger partial charge on any atom is 0.192 e. The molecular formula is C16H20FN3O2. The monoisotopic (exact) mass is 305 g/mol. The molecule has 0 radical (unpaired) electrons. The van der Waals surface area contributed by atoms with Gasteiger partial charge in [-0.15, -0.1) is 6.42 Å². The summed E-state index contributed by atoms with van der Waals surface area (Å²) < 4.78 is 24.3. The molecular weight excluding hydrogens is 285 g/mol. The number of hydrogen-bond acceptors (Lipinski definition) is 3. The standard InChI is InChI=1S/C16H20FN3O2/c1-3-6-19-16(18-4-2)20-7-5-12-8-14(17)9-13-10-21-11-22-15(12)13/h1,8-9H,4-7,10-11H2,2H3,(H2,18,19,20). The Hall–Kier alpha value is -2.26. The van der Waals surface area contributed by atoms with E-state index in [1.807, 2.05) is 6.92 Å². The van der Waals surface area contributed by atoms with Crippen molar-refractivity contribution in [1.82, 2.24) is 10.6 Å². The quantitative estimate of drug-likeness (QED) is 0.491. The summed E-state index contributed by atoms with van der Waals surface area (Å²) in [4.78, 5) is 4.41. The predicted octanol–water partition coefficient (Wildman–Crippen LogP) is 1.42. The van der Waals surface area contributed by atoms with Crippen molar-refractivity contribution in [2.45, 2.75) is 20.0 Å². The Kier molecular flexibility index (Phi) is 6.04. The van der Waals surface area contributed by atoms with Crippen molar-refractivity contribution >= 4 is 5.96 Å². The molecule has 1 aromatic carbocycles. The molecule has 5 nitrogen and oxygen atoms in total. The van der Waals surface area contributed by atoms with E-state index in [1.54, 1.807) is 0 Å². The molecule has 2 rings (SSSR count). The van der Waals surface area contributed by atoms with E-state index >= 15 is 0 Å². The second-order valence-corrected chi connectivity index (χ2v) is 4.73. The van der Waals surface area contributed by atoms with Crippen LogP contribution in [0.25, 0.3) is 0 Å². The molecule has 22 heavy (non-hydrogen) atoms. The van der Waals surface area contributed by atoms with Crippen LogP contribution in [-0.4, -0.2) is 32.4 Å². The summed E-state index contributed by atoms with van der Waals surface area (Å²) in [5.74, 6) is 3.57. The van der Waals surface area contributed by atoms with Gasteiger partial charge in [0.15, 0.2) is 12.8 Å². The lowest BCUT2D eigenvalue weighted by molar-refractivity contribution is -0.0172. The lowest BCUT2D eigenvalue weighted by atomic mass is 10.1. The molecule has 0 aliphatic carbocycles. The maximum absolute atomic E-state index is 13.6. The van der Waals surface area contributed by atoms with Gasteiger partial charge in [-0.25, -0.2) is 4.39 Å². The number of aliphatic imine (C=N–C) groups is 1. The van der Waals surface area contributed by atoms with E-state index in [4.69, 9.17) is 15.9 Å². The number of nitrogens with one attached hydrogen (secondary N) is 2. The maximum atomic E-state index is 13.6. The molecule has 118 valence electrons. The van der Waals surface area contributed by atoms with E-state index in [-0.39, 0.29) is 12.6 Å². The zero-order valence-corrected chi connectivity index (χ0v) is 12.6. The van der Waals surface area contributed by atoms with Gasteiger partial charge in [0.1, 0.15) is 11.6 Å². The average molecular weight is 305 g/mol. The fraction of sp³-hybridized carbons (Fsp3) is 0.438. The van der Waals surface area contributed by atoms with Gasteiger partial charge in [-0.1, -0.05) is 5.92 Å². The van der Waals surface area contributed by atoms with Gasteiger partial charge in [-0.3, -0.25) is 4.99 Å².